The van der Waals surface area contributed by atoms with Gasteiger partial charge in [0.2, 0.25) is 0 Å². The predicted molar refractivity (Wildman–Crippen MR) is 87.4 cm³/mol. The Morgan fingerprint density at radius 2 is 1.95 bits per heavy atom. The molecule has 112 valence electrons. The predicted octanol–water partition coefficient (Wildman–Crippen LogP) is 3.29. The van der Waals surface area contributed by atoms with Gasteiger partial charge in [0, 0.05) is 12.1 Å². The molecule has 0 spiro atoms. The highest BCUT2D eigenvalue weighted by molar-refractivity contribution is 6.00. The summed E-state index contributed by atoms with van der Waals surface area (Å²) in [5, 5.41) is 5.97. The van der Waals surface area contributed by atoms with E-state index in [1.807, 2.05) is 12.1 Å². The van der Waals surface area contributed by atoms with Crippen LogP contribution in [0.15, 0.2) is 48.0 Å². The van der Waals surface area contributed by atoms with Crippen molar-refractivity contribution in [2.24, 2.45) is 0 Å². The zero-order valence-corrected chi connectivity index (χ0v) is 12.6. The van der Waals surface area contributed by atoms with E-state index in [1.165, 1.54) is 17.9 Å². The number of ether oxygens (including phenoxy) is 1. The average Bonchev–Trinajstić information content (AvgIpc) is 2.95. The van der Waals surface area contributed by atoms with Gasteiger partial charge < -0.3 is 10.1 Å². The normalized spacial score (nSPS) is 23.9. The third kappa shape index (κ3) is 2.13. The van der Waals surface area contributed by atoms with E-state index in [9.17, 15) is 4.79 Å². The lowest BCUT2D eigenvalue weighted by Gasteiger charge is -2.27. The van der Waals surface area contributed by atoms with Crippen LogP contribution < -0.4 is 5.32 Å². The maximum absolute atomic E-state index is 12.3. The van der Waals surface area contributed by atoms with E-state index in [0.717, 1.165) is 36.0 Å². The summed E-state index contributed by atoms with van der Waals surface area (Å²) in [5.74, 6) is -0.194. The molecule has 0 saturated carbocycles. The lowest BCUT2D eigenvalue weighted by Crippen LogP contribution is -2.38. The van der Waals surface area contributed by atoms with Crippen LogP contribution in [0.5, 0.6) is 0 Å². The molecule has 1 fully saturated rings. The van der Waals surface area contributed by atoms with E-state index < -0.39 is 0 Å². The van der Waals surface area contributed by atoms with Gasteiger partial charge in [0.25, 0.3) is 0 Å². The van der Waals surface area contributed by atoms with Crippen molar-refractivity contribution in [3.8, 4) is 0 Å². The van der Waals surface area contributed by atoms with Gasteiger partial charge in [-0.3, -0.25) is 0 Å². The fraction of sp³-hybridized carbons (Fsp3) is 0.316. The maximum atomic E-state index is 12.3. The van der Waals surface area contributed by atoms with E-state index in [4.69, 9.17) is 4.74 Å². The third-order valence-electron chi connectivity index (χ3n) is 4.87. The topological polar surface area (TPSA) is 38.3 Å². The van der Waals surface area contributed by atoms with Gasteiger partial charge in [-0.05, 0) is 47.2 Å². The minimum atomic E-state index is -0.194. The zero-order valence-electron chi connectivity index (χ0n) is 12.6. The molecule has 1 N–H and O–H groups in total. The molecule has 2 aliphatic rings. The minimum Gasteiger partial charge on any atom is -0.466 e. The Kier molecular flexibility index (Phi) is 3.23. The van der Waals surface area contributed by atoms with Gasteiger partial charge in [-0.25, -0.2) is 4.79 Å². The van der Waals surface area contributed by atoms with Crippen molar-refractivity contribution in [3.05, 3.63) is 53.6 Å². The molecule has 0 amide bonds. The van der Waals surface area contributed by atoms with Crippen LogP contribution in [0.4, 0.5) is 0 Å². The number of rotatable bonds is 2. The number of nitrogens with one attached hydrogen (secondary N) is 1. The second-order valence-corrected chi connectivity index (χ2v) is 6.14. The van der Waals surface area contributed by atoms with Crippen LogP contribution >= 0.6 is 0 Å². The standard InChI is InChI=1S/C19H19NO2/c1-22-19(21)18-16(11-15-8-9-17(18)20-15)14-7-6-12-4-2-3-5-13(12)10-14/h2-7,10,15,17,20H,8-9,11H2,1H3. The highest BCUT2D eigenvalue weighted by Crippen LogP contribution is 2.38. The van der Waals surface area contributed by atoms with Crippen LogP contribution in [0.3, 0.4) is 0 Å². The molecule has 3 heteroatoms. The quantitative estimate of drug-likeness (QED) is 0.864. The lowest BCUT2D eigenvalue weighted by molar-refractivity contribution is -0.136. The molecule has 1 saturated heterocycles. The summed E-state index contributed by atoms with van der Waals surface area (Å²) in [4.78, 5) is 12.3. The number of esters is 1. The average molecular weight is 293 g/mol. The van der Waals surface area contributed by atoms with E-state index in [0.29, 0.717) is 6.04 Å². The second-order valence-electron chi connectivity index (χ2n) is 6.14. The molecule has 0 aromatic heterocycles. The van der Waals surface area contributed by atoms with Gasteiger partial charge in [0.1, 0.15) is 0 Å². The van der Waals surface area contributed by atoms with Crippen LogP contribution in [0.1, 0.15) is 24.8 Å². The van der Waals surface area contributed by atoms with Gasteiger partial charge in [-0.2, -0.15) is 0 Å². The maximum Gasteiger partial charge on any atom is 0.335 e. The minimum absolute atomic E-state index is 0.146. The number of carbonyl (C=O) groups is 1. The van der Waals surface area contributed by atoms with E-state index in [2.05, 4.69) is 35.6 Å². The van der Waals surface area contributed by atoms with Crippen molar-refractivity contribution in [2.75, 3.05) is 7.11 Å². The van der Waals surface area contributed by atoms with Gasteiger partial charge in [-0.1, -0.05) is 36.4 Å². The lowest BCUT2D eigenvalue weighted by atomic mass is 9.89. The number of hydrogen-bond acceptors (Lipinski definition) is 3. The van der Waals surface area contributed by atoms with Crippen molar-refractivity contribution in [1.82, 2.24) is 5.32 Å². The van der Waals surface area contributed by atoms with Gasteiger partial charge in [0.15, 0.2) is 0 Å². The largest absolute Gasteiger partial charge is 0.466 e. The number of carbonyl (C=O) groups excluding carboxylic acids is 1. The summed E-state index contributed by atoms with van der Waals surface area (Å²) in [6, 6.07) is 15.4. The highest BCUT2D eigenvalue weighted by Gasteiger charge is 2.37. The molecule has 2 unspecified atom stereocenters. The van der Waals surface area contributed by atoms with E-state index in [1.54, 1.807) is 0 Å². The van der Waals surface area contributed by atoms with Crippen molar-refractivity contribution in [3.63, 3.8) is 0 Å². The molecule has 4 rings (SSSR count). The molecular formula is C19H19NO2. The molecule has 0 aliphatic carbocycles. The Balaban J connectivity index is 1.87. The van der Waals surface area contributed by atoms with Crippen molar-refractivity contribution >= 4 is 22.3 Å². The SMILES string of the molecule is COC(=O)C1=C(c2ccc3ccccc3c2)CC2CCC1N2. The van der Waals surface area contributed by atoms with Crippen molar-refractivity contribution in [1.29, 1.82) is 0 Å². The molecule has 2 aliphatic heterocycles. The number of fused-ring (bicyclic) bond motifs is 3. The van der Waals surface area contributed by atoms with Crippen LogP contribution in [0.25, 0.3) is 16.3 Å². The summed E-state index contributed by atoms with van der Waals surface area (Å²) in [6.07, 6.45) is 3.05. The third-order valence-corrected chi connectivity index (χ3v) is 4.87. The second kappa shape index (κ2) is 5.25. The molecule has 2 atom stereocenters. The monoisotopic (exact) mass is 293 g/mol. The van der Waals surface area contributed by atoms with E-state index >= 15 is 0 Å². The molecule has 2 aromatic carbocycles. The summed E-state index contributed by atoms with van der Waals surface area (Å²) >= 11 is 0. The molecular weight excluding hydrogens is 274 g/mol. The Bertz CT molecular complexity index is 778. The summed E-state index contributed by atoms with van der Waals surface area (Å²) in [6.45, 7) is 0. The molecule has 0 radical (unpaired) electrons. The first-order valence-electron chi connectivity index (χ1n) is 7.83. The summed E-state index contributed by atoms with van der Waals surface area (Å²) in [5.41, 5.74) is 3.13. The molecule has 2 heterocycles. The summed E-state index contributed by atoms with van der Waals surface area (Å²) < 4.78 is 5.04. The van der Waals surface area contributed by atoms with Crippen LogP contribution in [-0.2, 0) is 9.53 Å². The number of methoxy groups -OCH3 is 1. The van der Waals surface area contributed by atoms with Crippen LogP contribution in [-0.4, -0.2) is 25.2 Å². The van der Waals surface area contributed by atoms with Crippen LogP contribution in [0, 0.1) is 0 Å². The van der Waals surface area contributed by atoms with Gasteiger partial charge in [-0.15, -0.1) is 0 Å². The molecule has 22 heavy (non-hydrogen) atoms. The van der Waals surface area contributed by atoms with Crippen molar-refractivity contribution < 1.29 is 9.53 Å². The van der Waals surface area contributed by atoms with Crippen molar-refractivity contribution in [2.45, 2.75) is 31.3 Å². The number of benzene rings is 2. The smallest absolute Gasteiger partial charge is 0.335 e. The molecule has 2 bridgehead atoms. The zero-order chi connectivity index (χ0) is 15.1. The summed E-state index contributed by atoms with van der Waals surface area (Å²) in [7, 11) is 1.47. The van der Waals surface area contributed by atoms with Gasteiger partial charge in [0.05, 0.1) is 12.7 Å². The number of hydrogen-bond donors (Lipinski definition) is 1. The Morgan fingerprint density at radius 3 is 2.77 bits per heavy atom. The first-order chi connectivity index (χ1) is 10.8. The van der Waals surface area contributed by atoms with E-state index in [-0.39, 0.29) is 12.0 Å². The first kappa shape index (κ1) is 13.5. The fourth-order valence-electron chi connectivity index (χ4n) is 3.80. The fourth-order valence-corrected chi connectivity index (χ4v) is 3.80. The Labute approximate surface area is 130 Å². The van der Waals surface area contributed by atoms with Gasteiger partial charge >= 0.3 is 5.97 Å². The van der Waals surface area contributed by atoms with Crippen LogP contribution in [0.2, 0.25) is 0 Å². The molecule has 2 aromatic rings. The Hall–Kier alpha value is -2.13. The first-order valence-corrected chi connectivity index (χ1v) is 7.83. The highest BCUT2D eigenvalue weighted by atomic mass is 16.5. The molecule has 3 nitrogen and oxygen atoms in total. The Morgan fingerprint density at radius 1 is 1.14 bits per heavy atom.